The van der Waals surface area contributed by atoms with Crippen molar-refractivity contribution in [3.63, 3.8) is 0 Å². The van der Waals surface area contributed by atoms with Crippen LogP contribution in [-0.4, -0.2) is 21.8 Å². The van der Waals surface area contributed by atoms with Crippen LogP contribution < -0.4 is 9.47 Å². The maximum Gasteiger partial charge on any atom is 0.308 e. The van der Waals surface area contributed by atoms with Crippen LogP contribution in [0.25, 0.3) is 21.5 Å². The zero-order valence-electron chi connectivity index (χ0n) is 24.7. The van der Waals surface area contributed by atoms with Crippen molar-refractivity contribution in [1.82, 2.24) is 0 Å². The number of rotatable bonds is 4. The molecule has 4 aliphatic rings. The fraction of sp³-hybridized carbons (Fsp3) is 0.222. The normalized spacial score (nSPS) is 20.7. The minimum atomic E-state index is -0.459. The molecule has 226 valence electrons. The van der Waals surface area contributed by atoms with Crippen LogP contribution in [0.2, 0.25) is 0 Å². The van der Waals surface area contributed by atoms with Crippen LogP contribution in [0.3, 0.4) is 0 Å². The Kier molecular flexibility index (Phi) is 5.21. The lowest BCUT2D eigenvalue weighted by Crippen LogP contribution is -2.18. The van der Waals surface area contributed by atoms with Crippen LogP contribution >= 0.6 is 0 Å². The zero-order valence-corrected chi connectivity index (χ0v) is 24.7. The van der Waals surface area contributed by atoms with E-state index in [0.29, 0.717) is 24.3 Å². The lowest BCUT2D eigenvalue weighted by Gasteiger charge is -2.31. The first-order valence-electron chi connectivity index (χ1n) is 15.1. The molecule has 4 bridgehead atoms. The summed E-state index contributed by atoms with van der Waals surface area (Å²) in [6.07, 6.45) is 1.40. The molecule has 4 atom stereocenters. The van der Waals surface area contributed by atoms with Crippen molar-refractivity contribution < 1.29 is 28.9 Å². The molecular formula is C36H24N2O8. The number of esters is 2. The Balaban J connectivity index is 1.29. The van der Waals surface area contributed by atoms with Gasteiger partial charge in [-0.2, -0.15) is 0 Å². The highest BCUT2D eigenvalue weighted by Crippen LogP contribution is 2.69. The molecule has 5 aromatic rings. The molecule has 0 aliphatic heterocycles. The second-order valence-electron chi connectivity index (χ2n) is 12.7. The van der Waals surface area contributed by atoms with E-state index in [1.165, 1.54) is 26.0 Å². The second-order valence-corrected chi connectivity index (χ2v) is 12.7. The molecule has 9 rings (SSSR count). The Labute approximate surface area is 260 Å². The van der Waals surface area contributed by atoms with Crippen LogP contribution in [-0.2, 0) is 9.59 Å². The summed E-state index contributed by atoms with van der Waals surface area (Å²) in [7, 11) is 0. The molecule has 0 amide bonds. The molecule has 10 heteroatoms. The van der Waals surface area contributed by atoms with E-state index in [4.69, 9.17) is 9.47 Å². The van der Waals surface area contributed by atoms with E-state index in [2.05, 4.69) is 12.1 Å². The molecule has 0 spiro atoms. The summed E-state index contributed by atoms with van der Waals surface area (Å²) in [6.45, 7) is 2.77. The van der Waals surface area contributed by atoms with Crippen LogP contribution in [0.15, 0.2) is 60.7 Å². The highest BCUT2D eigenvalue weighted by Gasteiger charge is 2.53. The fourth-order valence-corrected chi connectivity index (χ4v) is 8.82. The van der Waals surface area contributed by atoms with Crippen LogP contribution in [0, 0.1) is 20.2 Å². The van der Waals surface area contributed by atoms with Crippen LogP contribution in [0.4, 0.5) is 11.4 Å². The summed E-state index contributed by atoms with van der Waals surface area (Å²) in [4.78, 5) is 47.6. The Bertz CT molecular complexity index is 2180. The Morgan fingerprint density at radius 3 is 1.20 bits per heavy atom. The Morgan fingerprint density at radius 2 is 0.891 bits per heavy atom. The van der Waals surface area contributed by atoms with Gasteiger partial charge in [0.15, 0.2) is 0 Å². The molecule has 0 heterocycles. The van der Waals surface area contributed by atoms with Crippen LogP contribution in [0.5, 0.6) is 11.5 Å². The van der Waals surface area contributed by atoms with Crippen molar-refractivity contribution in [2.75, 3.05) is 0 Å². The predicted molar refractivity (Wildman–Crippen MR) is 167 cm³/mol. The molecule has 0 fully saturated rings. The number of hydrogen-bond acceptors (Lipinski definition) is 8. The smallest absolute Gasteiger partial charge is 0.308 e. The fourth-order valence-electron chi connectivity index (χ4n) is 8.82. The number of non-ortho nitro benzene ring substituents is 2. The SMILES string of the molecule is CC(=O)Oc1c2c(c(OC(C)=O)c3c1[C@H]1C[C@@H]3c3cc4cc([N+](=O)[O-])ccc4cc31)[C@H]1C[C@@H]2c2cc3ccc([N+](=O)[O-])cc3cc21. The molecule has 0 radical (unpaired) electrons. The van der Waals surface area contributed by atoms with Gasteiger partial charge >= 0.3 is 11.9 Å². The molecule has 0 N–H and O–H groups in total. The summed E-state index contributed by atoms with van der Waals surface area (Å²) < 4.78 is 12.2. The predicted octanol–water partition coefficient (Wildman–Crippen LogP) is 7.62. The molecule has 10 nitrogen and oxygen atoms in total. The lowest BCUT2D eigenvalue weighted by molar-refractivity contribution is -0.384. The number of benzene rings is 5. The monoisotopic (exact) mass is 612 g/mol. The van der Waals surface area contributed by atoms with Gasteiger partial charge in [-0.3, -0.25) is 29.8 Å². The number of nitrogens with zero attached hydrogens (tertiary/aromatic N) is 2. The standard InChI is InChI=1S/C36H24N2O8/c1-15(39)45-35-31-27-13-29(25-11-19-7-21(37(41)42)5-3-17(19)9-23(25)27)33(31)36(46-16(2)40)34-30-14-28(32(34)35)24-10-18-4-6-22(38(43)44)8-20(18)12-26(24)30/h3-12,27-30H,13-14H2,1-2H3/t27-,28+,29+,30-. The van der Waals surface area contributed by atoms with E-state index in [1.54, 1.807) is 24.3 Å². The van der Waals surface area contributed by atoms with Gasteiger partial charge in [-0.1, -0.05) is 12.1 Å². The van der Waals surface area contributed by atoms with Gasteiger partial charge in [-0.05, 0) is 80.9 Å². The van der Waals surface area contributed by atoms with Gasteiger partial charge in [0.25, 0.3) is 11.4 Å². The first-order valence-corrected chi connectivity index (χ1v) is 15.1. The average molecular weight is 613 g/mol. The van der Waals surface area contributed by atoms with E-state index in [0.717, 1.165) is 66.1 Å². The third-order valence-corrected chi connectivity index (χ3v) is 10.4. The maximum atomic E-state index is 12.7. The highest BCUT2D eigenvalue weighted by molar-refractivity contribution is 5.91. The van der Waals surface area contributed by atoms with Gasteiger partial charge in [-0.15, -0.1) is 0 Å². The largest absolute Gasteiger partial charge is 0.426 e. The van der Waals surface area contributed by atoms with Crippen molar-refractivity contribution in [3.05, 3.63) is 125 Å². The van der Waals surface area contributed by atoms with Crippen molar-refractivity contribution in [2.45, 2.75) is 50.4 Å². The molecule has 4 aliphatic carbocycles. The van der Waals surface area contributed by atoms with E-state index in [9.17, 15) is 29.8 Å². The van der Waals surface area contributed by atoms with E-state index in [-0.39, 0.29) is 35.0 Å². The van der Waals surface area contributed by atoms with E-state index in [1.807, 2.05) is 12.1 Å². The first kappa shape index (κ1) is 26.7. The second kappa shape index (κ2) is 8.97. The summed E-state index contributed by atoms with van der Waals surface area (Å²) in [5, 5.41) is 26.3. The molecule has 0 unspecified atom stereocenters. The van der Waals surface area contributed by atoms with Crippen molar-refractivity contribution in [3.8, 4) is 11.5 Å². The lowest BCUT2D eigenvalue weighted by atomic mass is 9.76. The number of hydrogen-bond donors (Lipinski definition) is 0. The summed E-state index contributed by atoms with van der Waals surface area (Å²) >= 11 is 0. The van der Waals surface area contributed by atoms with Gasteiger partial charge in [0.2, 0.25) is 0 Å². The number of nitro groups is 2. The van der Waals surface area contributed by atoms with E-state index < -0.39 is 21.8 Å². The number of nitro benzene ring substituents is 2. The quantitative estimate of drug-likeness (QED) is 0.0874. The molecule has 0 saturated carbocycles. The number of carbonyl (C=O) groups excluding carboxylic acids is 2. The Morgan fingerprint density at radius 1 is 0.565 bits per heavy atom. The minimum Gasteiger partial charge on any atom is -0.426 e. The van der Waals surface area contributed by atoms with Gasteiger partial charge in [0, 0.05) is 84.0 Å². The first-order chi connectivity index (χ1) is 22.1. The molecule has 46 heavy (non-hydrogen) atoms. The number of carbonyl (C=O) groups is 2. The van der Waals surface area contributed by atoms with Crippen molar-refractivity contribution >= 4 is 44.9 Å². The summed E-state index contributed by atoms with van der Waals surface area (Å²) in [5.74, 6) is -0.402. The molecular weight excluding hydrogens is 588 g/mol. The zero-order chi connectivity index (χ0) is 31.8. The topological polar surface area (TPSA) is 139 Å². The van der Waals surface area contributed by atoms with Gasteiger partial charge in [-0.25, -0.2) is 0 Å². The third-order valence-electron chi connectivity index (χ3n) is 10.4. The van der Waals surface area contributed by atoms with Crippen molar-refractivity contribution in [1.29, 1.82) is 0 Å². The molecule has 0 aromatic heterocycles. The van der Waals surface area contributed by atoms with Crippen LogP contribution in [0.1, 0.15) is 94.9 Å². The minimum absolute atomic E-state index is 0.0131. The number of fused-ring (bicyclic) bond motifs is 18. The number of ether oxygens (including phenoxy) is 2. The van der Waals surface area contributed by atoms with Gasteiger partial charge < -0.3 is 9.47 Å². The molecule has 0 saturated heterocycles. The summed E-state index contributed by atoms with van der Waals surface area (Å²) in [5.41, 5.74) is 7.64. The third kappa shape index (κ3) is 3.46. The molecule has 5 aromatic carbocycles. The summed E-state index contributed by atoms with van der Waals surface area (Å²) in [6, 6.07) is 17.8. The average Bonchev–Trinajstić information content (AvgIpc) is 3.78. The van der Waals surface area contributed by atoms with Gasteiger partial charge in [0.05, 0.1) is 9.85 Å². The maximum absolute atomic E-state index is 12.7. The van der Waals surface area contributed by atoms with Gasteiger partial charge in [0.1, 0.15) is 11.5 Å². The van der Waals surface area contributed by atoms with E-state index >= 15 is 0 Å². The Hall–Kier alpha value is -5.64. The highest BCUT2D eigenvalue weighted by atomic mass is 16.6. The van der Waals surface area contributed by atoms with Crippen molar-refractivity contribution in [2.24, 2.45) is 0 Å².